The standard InChI is InChI=1S/C30H46O3/c1-18(2)10-9-11-19(3)20-14-16-28(6)21-12-13-22-27(4,5)23(31)15-17-29(22,7)24(21)25(32)26(28)30(20,8)33/h10,19-20,22,26,33H,9,11-17H2,1-8H3/t19-,20-,22+,26-,28+,29+,30-/m1/s1. The number of fused-ring (bicyclic) bond motifs is 4. The molecule has 3 heteroatoms. The molecule has 0 aromatic heterocycles. The molecule has 0 unspecified atom stereocenters. The van der Waals surface area contributed by atoms with E-state index in [0.717, 1.165) is 50.5 Å². The molecule has 0 aromatic carbocycles. The van der Waals surface area contributed by atoms with Gasteiger partial charge in [0.15, 0.2) is 5.78 Å². The fourth-order valence-electron chi connectivity index (χ4n) is 9.07. The van der Waals surface area contributed by atoms with Gasteiger partial charge in [-0.2, -0.15) is 0 Å². The lowest BCUT2D eigenvalue weighted by Gasteiger charge is -2.54. The molecule has 0 aliphatic heterocycles. The third-order valence-corrected chi connectivity index (χ3v) is 10.8. The van der Waals surface area contributed by atoms with Crippen molar-refractivity contribution in [3.05, 3.63) is 22.8 Å². The largest absolute Gasteiger partial charge is 0.389 e. The van der Waals surface area contributed by atoms with E-state index in [1.807, 2.05) is 6.92 Å². The van der Waals surface area contributed by atoms with Crippen LogP contribution in [0.1, 0.15) is 107 Å². The molecule has 33 heavy (non-hydrogen) atoms. The van der Waals surface area contributed by atoms with Gasteiger partial charge in [-0.1, -0.05) is 51.8 Å². The Kier molecular flexibility index (Phi) is 5.96. The normalized spacial score (nSPS) is 43.0. The average Bonchev–Trinajstić information content (AvgIpc) is 2.93. The van der Waals surface area contributed by atoms with Gasteiger partial charge in [-0.05, 0) is 83.5 Å². The Labute approximate surface area is 201 Å². The van der Waals surface area contributed by atoms with Gasteiger partial charge in [0, 0.05) is 28.2 Å². The maximum Gasteiger partial charge on any atom is 0.166 e. The van der Waals surface area contributed by atoms with Gasteiger partial charge >= 0.3 is 0 Å². The zero-order chi connectivity index (χ0) is 24.6. The first-order valence-corrected chi connectivity index (χ1v) is 13.4. The molecule has 1 N–H and O–H groups in total. The molecule has 3 nitrogen and oxygen atoms in total. The van der Waals surface area contributed by atoms with Crippen LogP contribution in [-0.2, 0) is 9.59 Å². The SMILES string of the molecule is CC(C)=CCC[C@@H](C)[C@H]1CC[C@@]2(C)C3=C(C(=O)[C@H]2[C@]1(C)O)[C@@]1(C)CCC(=O)C(C)(C)[C@@H]1CC3. The summed E-state index contributed by atoms with van der Waals surface area (Å²) in [5, 5.41) is 12.1. The Bertz CT molecular complexity index is 915. The van der Waals surface area contributed by atoms with E-state index < -0.39 is 5.60 Å². The average molecular weight is 455 g/mol. The Morgan fingerprint density at radius 3 is 2.33 bits per heavy atom. The van der Waals surface area contributed by atoms with Crippen LogP contribution in [-0.4, -0.2) is 22.3 Å². The number of carbonyl (C=O) groups excluding carboxylic acids is 2. The van der Waals surface area contributed by atoms with Gasteiger partial charge in [0.2, 0.25) is 0 Å². The van der Waals surface area contributed by atoms with Gasteiger partial charge in [0.05, 0.1) is 11.5 Å². The molecular formula is C30H46O3. The van der Waals surface area contributed by atoms with E-state index in [1.165, 1.54) is 11.1 Å². The zero-order valence-corrected chi connectivity index (χ0v) is 22.3. The molecule has 0 bridgehead atoms. The number of aliphatic hydroxyl groups is 1. The van der Waals surface area contributed by atoms with E-state index in [-0.39, 0.29) is 39.8 Å². The number of ketones is 2. The highest BCUT2D eigenvalue weighted by Crippen LogP contribution is 2.68. The van der Waals surface area contributed by atoms with E-state index in [0.29, 0.717) is 18.1 Å². The first-order chi connectivity index (χ1) is 15.2. The Hall–Kier alpha value is -1.22. The van der Waals surface area contributed by atoms with E-state index in [9.17, 15) is 14.7 Å². The molecule has 0 amide bonds. The minimum atomic E-state index is -1.00. The fourth-order valence-corrected chi connectivity index (χ4v) is 9.07. The molecule has 0 spiro atoms. The molecule has 0 aromatic rings. The number of hydrogen-bond donors (Lipinski definition) is 1. The lowest BCUT2D eigenvalue weighted by atomic mass is 9.49. The van der Waals surface area contributed by atoms with Crippen LogP contribution in [0, 0.1) is 39.9 Å². The molecule has 184 valence electrons. The third kappa shape index (κ3) is 3.46. The number of carbonyl (C=O) groups is 2. The maximum absolute atomic E-state index is 14.3. The molecule has 2 saturated carbocycles. The van der Waals surface area contributed by atoms with Crippen molar-refractivity contribution in [1.29, 1.82) is 0 Å². The van der Waals surface area contributed by atoms with Crippen molar-refractivity contribution in [3.63, 3.8) is 0 Å². The second-order valence-corrected chi connectivity index (χ2v) is 13.4. The Balaban J connectivity index is 1.69. The van der Waals surface area contributed by atoms with Crippen molar-refractivity contribution < 1.29 is 14.7 Å². The highest BCUT2D eigenvalue weighted by molar-refractivity contribution is 6.04. The van der Waals surface area contributed by atoms with Crippen molar-refractivity contribution in [3.8, 4) is 0 Å². The smallest absolute Gasteiger partial charge is 0.166 e. The molecule has 0 radical (unpaired) electrons. The van der Waals surface area contributed by atoms with Crippen molar-refractivity contribution in [2.45, 2.75) is 112 Å². The van der Waals surface area contributed by atoms with Crippen molar-refractivity contribution in [1.82, 2.24) is 0 Å². The van der Waals surface area contributed by atoms with Gasteiger partial charge in [0.1, 0.15) is 5.78 Å². The van der Waals surface area contributed by atoms with Crippen LogP contribution in [0.5, 0.6) is 0 Å². The minimum absolute atomic E-state index is 0.138. The first-order valence-electron chi connectivity index (χ1n) is 13.4. The summed E-state index contributed by atoms with van der Waals surface area (Å²) in [7, 11) is 0. The Morgan fingerprint density at radius 1 is 1.03 bits per heavy atom. The first kappa shape index (κ1) is 24.9. The number of Topliss-reactive ketones (excluding diaryl/α,β-unsaturated/α-hetero) is 2. The van der Waals surface area contributed by atoms with Crippen LogP contribution in [0.2, 0.25) is 0 Å². The van der Waals surface area contributed by atoms with Crippen LogP contribution in [0.4, 0.5) is 0 Å². The zero-order valence-electron chi connectivity index (χ0n) is 22.3. The van der Waals surface area contributed by atoms with E-state index >= 15 is 0 Å². The lowest BCUT2D eigenvalue weighted by molar-refractivity contribution is -0.156. The molecule has 4 rings (SSSR count). The van der Waals surface area contributed by atoms with Gasteiger partial charge in [-0.25, -0.2) is 0 Å². The topological polar surface area (TPSA) is 54.4 Å². The summed E-state index contributed by atoms with van der Waals surface area (Å²) in [6.45, 7) is 17.2. The summed E-state index contributed by atoms with van der Waals surface area (Å²) in [6.07, 6.45) is 9.55. The molecule has 4 aliphatic carbocycles. The summed E-state index contributed by atoms with van der Waals surface area (Å²) in [4.78, 5) is 27.1. The van der Waals surface area contributed by atoms with Crippen LogP contribution in [0.25, 0.3) is 0 Å². The lowest BCUT2D eigenvalue weighted by Crippen LogP contribution is -2.56. The maximum atomic E-state index is 14.3. The second kappa shape index (κ2) is 7.90. The van der Waals surface area contributed by atoms with Crippen LogP contribution in [0.3, 0.4) is 0 Å². The predicted octanol–water partition coefficient (Wildman–Crippen LogP) is 6.84. The molecule has 7 atom stereocenters. The number of rotatable bonds is 4. The fraction of sp³-hybridized carbons (Fsp3) is 0.800. The molecular weight excluding hydrogens is 408 g/mol. The van der Waals surface area contributed by atoms with Gasteiger partial charge < -0.3 is 5.11 Å². The Morgan fingerprint density at radius 2 is 1.70 bits per heavy atom. The highest BCUT2D eigenvalue weighted by Gasteiger charge is 2.67. The molecule has 0 heterocycles. The second-order valence-electron chi connectivity index (χ2n) is 13.4. The minimum Gasteiger partial charge on any atom is -0.389 e. The summed E-state index contributed by atoms with van der Waals surface area (Å²) >= 11 is 0. The van der Waals surface area contributed by atoms with Gasteiger partial charge in [0.25, 0.3) is 0 Å². The summed E-state index contributed by atoms with van der Waals surface area (Å²) < 4.78 is 0. The van der Waals surface area contributed by atoms with E-state index in [2.05, 4.69) is 54.5 Å². The van der Waals surface area contributed by atoms with Crippen LogP contribution < -0.4 is 0 Å². The van der Waals surface area contributed by atoms with Gasteiger partial charge in [-0.15, -0.1) is 0 Å². The van der Waals surface area contributed by atoms with Crippen molar-refractivity contribution in [2.75, 3.05) is 0 Å². The summed E-state index contributed by atoms with van der Waals surface area (Å²) in [5.41, 5.74) is 1.81. The summed E-state index contributed by atoms with van der Waals surface area (Å²) in [6, 6.07) is 0. The monoisotopic (exact) mass is 454 g/mol. The van der Waals surface area contributed by atoms with Crippen molar-refractivity contribution >= 4 is 11.6 Å². The summed E-state index contributed by atoms with van der Waals surface area (Å²) in [5.74, 6) is 0.924. The molecule has 4 aliphatic rings. The van der Waals surface area contributed by atoms with Gasteiger partial charge in [-0.3, -0.25) is 9.59 Å². The number of allylic oxidation sites excluding steroid dienone is 4. The van der Waals surface area contributed by atoms with Crippen LogP contribution in [0.15, 0.2) is 22.8 Å². The quantitative estimate of drug-likeness (QED) is 0.473. The molecule has 2 fully saturated rings. The number of hydrogen-bond acceptors (Lipinski definition) is 3. The molecule has 0 saturated heterocycles. The van der Waals surface area contributed by atoms with E-state index in [1.54, 1.807) is 0 Å². The van der Waals surface area contributed by atoms with Crippen LogP contribution >= 0.6 is 0 Å². The third-order valence-electron chi connectivity index (χ3n) is 10.8. The highest BCUT2D eigenvalue weighted by atomic mass is 16.3. The van der Waals surface area contributed by atoms with E-state index in [4.69, 9.17) is 0 Å². The predicted molar refractivity (Wildman–Crippen MR) is 134 cm³/mol. The van der Waals surface area contributed by atoms with Crippen molar-refractivity contribution in [2.24, 2.45) is 39.9 Å².